The molecule has 11 heteroatoms. The number of hydrogen-bond acceptors (Lipinski definition) is 8. The van der Waals surface area contributed by atoms with E-state index in [1.165, 1.54) is 6.92 Å². The monoisotopic (exact) mass is 341 g/mol. The molecular weight excluding hydrogens is 326 g/mol. The zero-order valence-electron chi connectivity index (χ0n) is 12.8. The average Bonchev–Trinajstić information content (AvgIpc) is 2.46. The van der Waals surface area contributed by atoms with E-state index in [2.05, 4.69) is 5.32 Å². The first kappa shape index (κ1) is 18.8. The first-order valence-corrected chi connectivity index (χ1v) is 6.75. The van der Waals surface area contributed by atoms with Gasteiger partial charge in [0.05, 0.1) is 28.6 Å². The Labute approximate surface area is 135 Å². The van der Waals surface area contributed by atoms with Gasteiger partial charge in [-0.15, -0.1) is 0 Å². The second kappa shape index (κ2) is 7.85. The molecule has 1 amide bonds. The van der Waals surface area contributed by atoms with Crippen LogP contribution in [0.1, 0.15) is 19.4 Å². The standard InChI is InChI=1S/C13H15N3O8/c1-3-24-13(19)10(14-7(2)17)6-9-11(15(20)21)4-8(18)5-12(9)16(22)23/h4-5,10,18H,3,6H2,1-2H3,(H,14,17). The molecule has 11 nitrogen and oxygen atoms in total. The Kier molecular flexibility index (Phi) is 6.15. The summed E-state index contributed by atoms with van der Waals surface area (Å²) in [5.74, 6) is -2.16. The molecule has 24 heavy (non-hydrogen) atoms. The molecule has 1 aromatic rings. The fraction of sp³-hybridized carbons (Fsp3) is 0.385. The second-order valence-electron chi connectivity index (χ2n) is 4.69. The van der Waals surface area contributed by atoms with Gasteiger partial charge >= 0.3 is 5.97 Å². The number of nitro groups is 2. The van der Waals surface area contributed by atoms with Crippen molar-refractivity contribution in [3.63, 3.8) is 0 Å². The molecule has 1 rings (SSSR count). The number of aromatic hydroxyl groups is 1. The number of nitrogens with zero attached hydrogens (tertiary/aromatic N) is 2. The van der Waals surface area contributed by atoms with E-state index in [9.17, 15) is 34.9 Å². The van der Waals surface area contributed by atoms with E-state index in [1.54, 1.807) is 0 Å². The van der Waals surface area contributed by atoms with Gasteiger partial charge in [0.2, 0.25) is 5.91 Å². The average molecular weight is 341 g/mol. The predicted molar refractivity (Wildman–Crippen MR) is 79.4 cm³/mol. The highest BCUT2D eigenvalue weighted by atomic mass is 16.6. The lowest BCUT2D eigenvalue weighted by Gasteiger charge is -2.16. The summed E-state index contributed by atoms with van der Waals surface area (Å²) in [7, 11) is 0. The van der Waals surface area contributed by atoms with Crippen LogP contribution in [-0.4, -0.2) is 39.5 Å². The van der Waals surface area contributed by atoms with Crippen molar-refractivity contribution in [3.05, 3.63) is 37.9 Å². The molecule has 1 unspecified atom stereocenters. The molecule has 0 heterocycles. The van der Waals surface area contributed by atoms with Gasteiger partial charge in [0.15, 0.2) is 0 Å². The number of nitro benzene ring substituents is 2. The lowest BCUT2D eigenvalue weighted by molar-refractivity contribution is -0.395. The molecule has 0 fully saturated rings. The second-order valence-corrected chi connectivity index (χ2v) is 4.69. The van der Waals surface area contributed by atoms with Gasteiger partial charge in [-0.1, -0.05) is 0 Å². The number of benzene rings is 1. The molecule has 0 bridgehead atoms. The van der Waals surface area contributed by atoms with Gasteiger partial charge in [-0.2, -0.15) is 0 Å². The topological polar surface area (TPSA) is 162 Å². The van der Waals surface area contributed by atoms with Gasteiger partial charge in [-0.3, -0.25) is 25.0 Å². The summed E-state index contributed by atoms with van der Waals surface area (Å²) in [6.07, 6.45) is -0.536. The summed E-state index contributed by atoms with van der Waals surface area (Å²) in [5, 5.41) is 33.9. The minimum absolute atomic E-state index is 0.00528. The molecule has 2 N–H and O–H groups in total. The Balaban J connectivity index is 3.40. The first-order valence-electron chi connectivity index (χ1n) is 6.75. The summed E-state index contributed by atoms with van der Waals surface area (Å²) in [6.45, 7) is 2.63. The molecule has 0 radical (unpaired) electrons. The summed E-state index contributed by atoms with van der Waals surface area (Å²) in [4.78, 5) is 43.5. The van der Waals surface area contributed by atoms with Crippen LogP contribution in [0.25, 0.3) is 0 Å². The Morgan fingerprint density at radius 3 is 2.12 bits per heavy atom. The van der Waals surface area contributed by atoms with Crippen LogP contribution >= 0.6 is 0 Å². The summed E-state index contributed by atoms with van der Waals surface area (Å²) in [6, 6.07) is 0.126. The zero-order valence-corrected chi connectivity index (χ0v) is 12.8. The molecule has 0 aliphatic rings. The Morgan fingerprint density at radius 1 is 1.25 bits per heavy atom. The van der Waals surface area contributed by atoms with Gasteiger partial charge in [0.1, 0.15) is 17.4 Å². The smallest absolute Gasteiger partial charge is 0.328 e. The lowest BCUT2D eigenvalue weighted by Crippen LogP contribution is -2.42. The number of carbonyl (C=O) groups is 2. The number of ether oxygens (including phenoxy) is 1. The fourth-order valence-corrected chi connectivity index (χ4v) is 2.05. The molecule has 0 aromatic heterocycles. The number of rotatable bonds is 7. The van der Waals surface area contributed by atoms with Crippen LogP contribution in [-0.2, 0) is 20.7 Å². The Morgan fingerprint density at radius 2 is 1.75 bits per heavy atom. The normalized spacial score (nSPS) is 11.4. The van der Waals surface area contributed by atoms with E-state index in [0.717, 1.165) is 19.1 Å². The zero-order chi connectivity index (χ0) is 18.4. The van der Waals surface area contributed by atoms with Crippen molar-refractivity contribution in [2.45, 2.75) is 26.3 Å². The van der Waals surface area contributed by atoms with Crippen molar-refractivity contribution in [2.24, 2.45) is 0 Å². The van der Waals surface area contributed by atoms with Gasteiger partial charge in [-0.25, -0.2) is 4.79 Å². The third kappa shape index (κ3) is 4.63. The number of phenols is 1. The van der Waals surface area contributed by atoms with Crippen LogP contribution in [0.15, 0.2) is 12.1 Å². The van der Waals surface area contributed by atoms with Crippen molar-refractivity contribution in [2.75, 3.05) is 6.61 Å². The van der Waals surface area contributed by atoms with E-state index < -0.39 is 56.9 Å². The third-order valence-electron chi connectivity index (χ3n) is 2.94. The first-order chi connectivity index (χ1) is 11.2. The minimum Gasteiger partial charge on any atom is -0.507 e. The number of nitrogens with one attached hydrogen (secondary N) is 1. The molecule has 0 aliphatic carbocycles. The molecule has 1 atom stereocenters. The van der Waals surface area contributed by atoms with Crippen molar-refractivity contribution in [1.29, 1.82) is 0 Å². The fourth-order valence-electron chi connectivity index (χ4n) is 2.05. The Bertz CT molecular complexity index is 653. The van der Waals surface area contributed by atoms with Gasteiger partial charge in [0, 0.05) is 13.3 Å². The van der Waals surface area contributed by atoms with E-state index in [0.29, 0.717) is 0 Å². The molecule has 0 aliphatic heterocycles. The summed E-state index contributed by atoms with van der Waals surface area (Å²) < 4.78 is 4.76. The van der Waals surface area contributed by atoms with Crippen molar-refractivity contribution in [1.82, 2.24) is 5.32 Å². The number of carbonyl (C=O) groups excluding carboxylic acids is 2. The van der Waals surface area contributed by atoms with Gasteiger partial charge in [0.25, 0.3) is 11.4 Å². The summed E-state index contributed by atoms with van der Waals surface area (Å²) in [5.41, 5.74) is -1.88. The molecule has 0 spiro atoms. The molecule has 0 saturated carbocycles. The SMILES string of the molecule is CCOC(=O)C(Cc1c([N+](=O)[O-])cc(O)cc1[N+](=O)[O-])NC(C)=O. The number of amides is 1. The van der Waals surface area contributed by atoms with Crippen LogP contribution < -0.4 is 5.32 Å². The van der Waals surface area contributed by atoms with Crippen molar-refractivity contribution < 1.29 is 29.3 Å². The maximum Gasteiger partial charge on any atom is 0.328 e. The summed E-state index contributed by atoms with van der Waals surface area (Å²) >= 11 is 0. The number of esters is 1. The number of phenolic OH excluding ortho intramolecular Hbond substituents is 1. The van der Waals surface area contributed by atoms with Crippen LogP contribution in [0.3, 0.4) is 0 Å². The van der Waals surface area contributed by atoms with E-state index in [4.69, 9.17) is 4.74 Å². The van der Waals surface area contributed by atoms with Crippen LogP contribution in [0.2, 0.25) is 0 Å². The molecule has 1 aromatic carbocycles. The predicted octanol–water partition coefficient (Wildman–Crippen LogP) is 0.819. The minimum atomic E-state index is -1.34. The number of hydrogen-bond donors (Lipinski definition) is 2. The third-order valence-corrected chi connectivity index (χ3v) is 2.94. The van der Waals surface area contributed by atoms with E-state index >= 15 is 0 Å². The lowest BCUT2D eigenvalue weighted by atomic mass is 10.0. The van der Waals surface area contributed by atoms with Crippen molar-refractivity contribution >= 4 is 23.3 Å². The Hall–Kier alpha value is -3.24. The molecular formula is C13H15N3O8. The maximum atomic E-state index is 11.9. The van der Waals surface area contributed by atoms with Crippen LogP contribution in [0, 0.1) is 20.2 Å². The van der Waals surface area contributed by atoms with Crippen LogP contribution in [0.5, 0.6) is 5.75 Å². The quantitative estimate of drug-likeness (QED) is 0.418. The molecule has 130 valence electrons. The van der Waals surface area contributed by atoms with Gasteiger partial charge < -0.3 is 15.2 Å². The van der Waals surface area contributed by atoms with Crippen molar-refractivity contribution in [3.8, 4) is 5.75 Å². The van der Waals surface area contributed by atoms with Crippen LogP contribution in [0.4, 0.5) is 11.4 Å². The molecule has 0 saturated heterocycles. The highest BCUT2D eigenvalue weighted by Crippen LogP contribution is 2.34. The highest BCUT2D eigenvalue weighted by Gasteiger charge is 2.32. The highest BCUT2D eigenvalue weighted by molar-refractivity contribution is 5.84. The van der Waals surface area contributed by atoms with E-state index in [1.807, 2.05) is 0 Å². The van der Waals surface area contributed by atoms with E-state index in [-0.39, 0.29) is 6.61 Å². The maximum absolute atomic E-state index is 11.9. The van der Waals surface area contributed by atoms with Gasteiger partial charge in [-0.05, 0) is 6.92 Å². The largest absolute Gasteiger partial charge is 0.507 e.